The standard InChI is InChI=1S/C16H19N3O/c1-11-6-3-4-9-15(11)12(2)18-16(20)19-14-8-5-7-13(17)10-14/h3-10,12H,17H2,1-2H3,(H2,18,19,20). The second-order valence-corrected chi connectivity index (χ2v) is 4.80. The molecular weight excluding hydrogens is 250 g/mol. The molecular formula is C16H19N3O. The van der Waals surface area contributed by atoms with Crippen molar-refractivity contribution in [2.45, 2.75) is 19.9 Å². The Kier molecular flexibility index (Phi) is 4.25. The smallest absolute Gasteiger partial charge is 0.319 e. The lowest BCUT2D eigenvalue weighted by Crippen LogP contribution is -2.31. The number of rotatable bonds is 3. The van der Waals surface area contributed by atoms with Crippen molar-refractivity contribution in [3.63, 3.8) is 0 Å². The monoisotopic (exact) mass is 269 g/mol. The number of carbonyl (C=O) groups excluding carboxylic acids is 1. The summed E-state index contributed by atoms with van der Waals surface area (Å²) in [5, 5.41) is 5.69. The molecule has 2 aromatic carbocycles. The molecule has 2 rings (SSSR count). The first-order chi connectivity index (χ1) is 9.56. The van der Waals surface area contributed by atoms with Crippen LogP contribution in [0.2, 0.25) is 0 Å². The number of nitrogens with one attached hydrogen (secondary N) is 2. The predicted octanol–water partition coefficient (Wildman–Crippen LogP) is 3.46. The molecule has 1 atom stereocenters. The summed E-state index contributed by atoms with van der Waals surface area (Å²) in [5.74, 6) is 0. The highest BCUT2D eigenvalue weighted by atomic mass is 16.2. The van der Waals surface area contributed by atoms with E-state index in [-0.39, 0.29) is 12.1 Å². The summed E-state index contributed by atoms with van der Waals surface area (Å²) in [6, 6.07) is 14.8. The lowest BCUT2D eigenvalue weighted by Gasteiger charge is -2.17. The van der Waals surface area contributed by atoms with Crippen LogP contribution in [-0.4, -0.2) is 6.03 Å². The third kappa shape index (κ3) is 3.51. The Balaban J connectivity index is 2.00. The van der Waals surface area contributed by atoms with Gasteiger partial charge >= 0.3 is 6.03 Å². The molecule has 0 aliphatic carbocycles. The van der Waals surface area contributed by atoms with Crippen LogP contribution in [0.25, 0.3) is 0 Å². The summed E-state index contributed by atoms with van der Waals surface area (Å²) >= 11 is 0. The normalized spacial score (nSPS) is 11.7. The van der Waals surface area contributed by atoms with Gasteiger partial charge in [-0.1, -0.05) is 30.3 Å². The second-order valence-electron chi connectivity index (χ2n) is 4.80. The first-order valence-corrected chi connectivity index (χ1v) is 6.55. The number of benzene rings is 2. The van der Waals surface area contributed by atoms with Crippen LogP contribution in [0.3, 0.4) is 0 Å². The average Bonchev–Trinajstić information content (AvgIpc) is 2.38. The summed E-state index contributed by atoms with van der Waals surface area (Å²) in [7, 11) is 0. The highest BCUT2D eigenvalue weighted by Crippen LogP contribution is 2.17. The summed E-state index contributed by atoms with van der Waals surface area (Å²) in [6.07, 6.45) is 0. The first kappa shape index (κ1) is 13.9. The van der Waals surface area contributed by atoms with Gasteiger partial charge in [-0.25, -0.2) is 4.79 Å². The summed E-state index contributed by atoms with van der Waals surface area (Å²) < 4.78 is 0. The Hall–Kier alpha value is -2.49. The zero-order valence-electron chi connectivity index (χ0n) is 11.7. The van der Waals surface area contributed by atoms with Gasteiger partial charge in [0.2, 0.25) is 0 Å². The van der Waals surface area contributed by atoms with Gasteiger partial charge in [0.05, 0.1) is 6.04 Å². The summed E-state index contributed by atoms with van der Waals surface area (Å²) in [4.78, 5) is 12.0. The number of amides is 2. The fourth-order valence-corrected chi connectivity index (χ4v) is 2.13. The summed E-state index contributed by atoms with van der Waals surface area (Å²) in [6.45, 7) is 3.99. The molecule has 4 nitrogen and oxygen atoms in total. The van der Waals surface area contributed by atoms with E-state index in [0.717, 1.165) is 11.1 Å². The molecule has 0 heterocycles. The Labute approximate surface area is 119 Å². The molecule has 0 aromatic heterocycles. The number of aryl methyl sites for hydroxylation is 1. The van der Waals surface area contributed by atoms with Gasteiger partial charge in [-0.2, -0.15) is 0 Å². The SMILES string of the molecule is Cc1ccccc1C(C)NC(=O)Nc1cccc(N)c1. The van der Waals surface area contributed by atoms with E-state index in [1.54, 1.807) is 24.3 Å². The van der Waals surface area contributed by atoms with Crippen LogP contribution in [-0.2, 0) is 0 Å². The van der Waals surface area contributed by atoms with Crippen molar-refractivity contribution in [1.29, 1.82) is 0 Å². The van der Waals surface area contributed by atoms with E-state index in [1.807, 2.05) is 38.1 Å². The molecule has 2 amide bonds. The van der Waals surface area contributed by atoms with Crippen molar-refractivity contribution in [1.82, 2.24) is 5.32 Å². The molecule has 0 aliphatic heterocycles. The largest absolute Gasteiger partial charge is 0.399 e. The van der Waals surface area contributed by atoms with Crippen molar-refractivity contribution in [3.05, 3.63) is 59.7 Å². The van der Waals surface area contributed by atoms with Crippen LogP contribution in [0.4, 0.5) is 16.2 Å². The molecule has 104 valence electrons. The van der Waals surface area contributed by atoms with Crippen LogP contribution in [0.1, 0.15) is 24.1 Å². The van der Waals surface area contributed by atoms with E-state index in [1.165, 1.54) is 0 Å². The maximum absolute atomic E-state index is 12.0. The minimum atomic E-state index is -0.244. The van der Waals surface area contributed by atoms with Gasteiger partial charge in [-0.05, 0) is 43.2 Å². The van der Waals surface area contributed by atoms with Crippen molar-refractivity contribution < 1.29 is 4.79 Å². The Morgan fingerprint density at radius 3 is 2.60 bits per heavy atom. The molecule has 4 heteroatoms. The number of nitrogens with two attached hydrogens (primary N) is 1. The van der Waals surface area contributed by atoms with E-state index in [4.69, 9.17) is 5.73 Å². The van der Waals surface area contributed by atoms with Gasteiger partial charge in [-0.15, -0.1) is 0 Å². The quantitative estimate of drug-likeness (QED) is 0.747. The van der Waals surface area contributed by atoms with E-state index >= 15 is 0 Å². The Bertz CT molecular complexity index is 610. The van der Waals surface area contributed by atoms with E-state index < -0.39 is 0 Å². The Morgan fingerprint density at radius 2 is 1.90 bits per heavy atom. The lowest BCUT2D eigenvalue weighted by atomic mass is 10.0. The van der Waals surface area contributed by atoms with Crippen molar-refractivity contribution >= 4 is 17.4 Å². The third-order valence-corrected chi connectivity index (χ3v) is 3.15. The number of carbonyl (C=O) groups is 1. The second kappa shape index (κ2) is 6.10. The van der Waals surface area contributed by atoms with Crippen molar-refractivity contribution in [3.8, 4) is 0 Å². The molecule has 20 heavy (non-hydrogen) atoms. The van der Waals surface area contributed by atoms with Crippen LogP contribution in [0, 0.1) is 6.92 Å². The molecule has 0 aliphatic rings. The maximum atomic E-state index is 12.0. The number of anilines is 2. The molecule has 0 bridgehead atoms. The molecule has 0 radical (unpaired) electrons. The van der Waals surface area contributed by atoms with Gasteiger partial charge in [0.1, 0.15) is 0 Å². The highest BCUT2D eigenvalue weighted by molar-refractivity contribution is 5.90. The van der Waals surface area contributed by atoms with Gasteiger partial charge in [0.25, 0.3) is 0 Å². The average molecular weight is 269 g/mol. The third-order valence-electron chi connectivity index (χ3n) is 3.15. The highest BCUT2D eigenvalue weighted by Gasteiger charge is 2.11. The number of urea groups is 1. The zero-order valence-corrected chi connectivity index (χ0v) is 11.7. The first-order valence-electron chi connectivity index (χ1n) is 6.55. The van der Waals surface area contributed by atoms with E-state index in [2.05, 4.69) is 10.6 Å². The van der Waals surface area contributed by atoms with Crippen LogP contribution >= 0.6 is 0 Å². The minimum absolute atomic E-state index is 0.0581. The number of hydrogen-bond donors (Lipinski definition) is 3. The number of hydrogen-bond acceptors (Lipinski definition) is 2. The van der Waals surface area contributed by atoms with Crippen LogP contribution < -0.4 is 16.4 Å². The predicted molar refractivity (Wildman–Crippen MR) is 82.6 cm³/mol. The fourth-order valence-electron chi connectivity index (χ4n) is 2.13. The lowest BCUT2D eigenvalue weighted by molar-refractivity contribution is 0.249. The van der Waals surface area contributed by atoms with E-state index in [0.29, 0.717) is 11.4 Å². The van der Waals surface area contributed by atoms with Crippen molar-refractivity contribution in [2.75, 3.05) is 11.1 Å². The van der Waals surface area contributed by atoms with Gasteiger partial charge < -0.3 is 16.4 Å². The molecule has 0 spiro atoms. The van der Waals surface area contributed by atoms with Crippen LogP contribution in [0.15, 0.2) is 48.5 Å². The zero-order chi connectivity index (χ0) is 14.5. The molecule has 0 saturated carbocycles. The van der Waals surface area contributed by atoms with E-state index in [9.17, 15) is 4.79 Å². The molecule has 0 saturated heterocycles. The fraction of sp³-hybridized carbons (Fsp3) is 0.188. The Morgan fingerprint density at radius 1 is 1.15 bits per heavy atom. The topological polar surface area (TPSA) is 67.2 Å². The molecule has 0 fully saturated rings. The van der Waals surface area contributed by atoms with Gasteiger partial charge in [0.15, 0.2) is 0 Å². The van der Waals surface area contributed by atoms with Gasteiger partial charge in [-0.3, -0.25) is 0 Å². The molecule has 1 unspecified atom stereocenters. The van der Waals surface area contributed by atoms with Crippen LogP contribution in [0.5, 0.6) is 0 Å². The molecule has 4 N–H and O–H groups in total. The minimum Gasteiger partial charge on any atom is -0.399 e. The van der Waals surface area contributed by atoms with Gasteiger partial charge in [0, 0.05) is 11.4 Å². The molecule has 2 aromatic rings. The number of nitrogen functional groups attached to an aromatic ring is 1. The summed E-state index contributed by atoms with van der Waals surface area (Å²) in [5.41, 5.74) is 9.24. The maximum Gasteiger partial charge on any atom is 0.319 e. The van der Waals surface area contributed by atoms with Crippen molar-refractivity contribution in [2.24, 2.45) is 0 Å².